The van der Waals surface area contributed by atoms with Gasteiger partial charge in [0.05, 0.1) is 0 Å². The molecule has 22 heavy (non-hydrogen) atoms. The summed E-state index contributed by atoms with van der Waals surface area (Å²) in [6.45, 7) is 4.14. The molecule has 1 aromatic heterocycles. The first-order chi connectivity index (χ1) is 10.9. The maximum absolute atomic E-state index is 4.50. The number of benzene rings is 1. The molecule has 4 heteroatoms. The second-order valence-electron chi connectivity index (χ2n) is 6.24. The molecule has 0 amide bonds. The molecule has 0 spiro atoms. The van der Waals surface area contributed by atoms with Crippen LogP contribution in [0.3, 0.4) is 0 Å². The fraction of sp³-hybridized carbons (Fsp3) is 0.444. The molecule has 0 N–H and O–H groups in total. The minimum absolute atomic E-state index is 0.673. The SMILES string of the molecule is c1ccc(N2CCN(c3cc(C4CCC4)ncn3)CC2)cc1. The summed E-state index contributed by atoms with van der Waals surface area (Å²) < 4.78 is 0. The highest BCUT2D eigenvalue weighted by molar-refractivity contribution is 5.49. The first-order valence-corrected chi connectivity index (χ1v) is 8.27. The van der Waals surface area contributed by atoms with E-state index in [4.69, 9.17) is 0 Å². The maximum atomic E-state index is 4.50. The van der Waals surface area contributed by atoms with E-state index in [1.165, 1.54) is 30.6 Å². The fourth-order valence-electron chi connectivity index (χ4n) is 3.29. The summed E-state index contributed by atoms with van der Waals surface area (Å²) in [7, 11) is 0. The Labute approximate surface area is 131 Å². The van der Waals surface area contributed by atoms with Gasteiger partial charge in [-0.05, 0) is 25.0 Å². The molecular formula is C18H22N4. The molecule has 0 unspecified atom stereocenters. The summed E-state index contributed by atoms with van der Waals surface area (Å²) in [4.78, 5) is 13.8. The molecule has 2 aliphatic rings. The highest BCUT2D eigenvalue weighted by Gasteiger charge is 2.23. The Morgan fingerprint density at radius 3 is 2.27 bits per heavy atom. The van der Waals surface area contributed by atoms with Gasteiger partial charge in [0.15, 0.2) is 0 Å². The molecule has 0 bridgehead atoms. The van der Waals surface area contributed by atoms with Crippen molar-refractivity contribution in [3.8, 4) is 0 Å². The van der Waals surface area contributed by atoms with Crippen molar-refractivity contribution in [2.75, 3.05) is 36.0 Å². The highest BCUT2D eigenvalue weighted by Crippen LogP contribution is 2.35. The quantitative estimate of drug-likeness (QED) is 0.871. The van der Waals surface area contributed by atoms with E-state index in [0.29, 0.717) is 5.92 Å². The summed E-state index contributed by atoms with van der Waals surface area (Å²) in [6.07, 6.45) is 5.67. The molecule has 1 aliphatic heterocycles. The number of anilines is 2. The molecule has 1 aliphatic carbocycles. The third-order valence-electron chi connectivity index (χ3n) is 4.92. The number of piperazine rings is 1. The molecule has 4 rings (SSSR count). The Morgan fingerprint density at radius 1 is 0.864 bits per heavy atom. The Bertz CT molecular complexity index is 616. The molecule has 2 heterocycles. The van der Waals surface area contributed by atoms with Crippen LogP contribution in [0.4, 0.5) is 11.5 Å². The highest BCUT2D eigenvalue weighted by atomic mass is 15.3. The van der Waals surface area contributed by atoms with Crippen molar-refractivity contribution in [3.05, 3.63) is 48.4 Å². The molecule has 4 nitrogen and oxygen atoms in total. The molecule has 2 aromatic rings. The van der Waals surface area contributed by atoms with Crippen LogP contribution in [0.2, 0.25) is 0 Å². The number of rotatable bonds is 3. The van der Waals surface area contributed by atoms with Crippen molar-refractivity contribution in [2.24, 2.45) is 0 Å². The van der Waals surface area contributed by atoms with Gasteiger partial charge in [-0.15, -0.1) is 0 Å². The second kappa shape index (κ2) is 5.95. The summed E-state index contributed by atoms with van der Waals surface area (Å²) in [5.74, 6) is 1.77. The van der Waals surface area contributed by atoms with E-state index in [1.54, 1.807) is 6.33 Å². The van der Waals surface area contributed by atoms with Gasteiger partial charge >= 0.3 is 0 Å². The van der Waals surface area contributed by atoms with Crippen LogP contribution in [-0.4, -0.2) is 36.1 Å². The average Bonchev–Trinajstić information content (AvgIpc) is 2.55. The molecule has 1 saturated heterocycles. The fourth-order valence-corrected chi connectivity index (χ4v) is 3.29. The molecule has 1 aromatic carbocycles. The largest absolute Gasteiger partial charge is 0.368 e. The van der Waals surface area contributed by atoms with E-state index >= 15 is 0 Å². The van der Waals surface area contributed by atoms with Gasteiger partial charge in [-0.1, -0.05) is 24.6 Å². The zero-order valence-corrected chi connectivity index (χ0v) is 12.9. The van der Waals surface area contributed by atoms with E-state index in [1.807, 2.05) is 0 Å². The first kappa shape index (κ1) is 13.6. The number of para-hydroxylation sites is 1. The van der Waals surface area contributed by atoms with E-state index in [2.05, 4.69) is 56.2 Å². The number of hydrogen-bond acceptors (Lipinski definition) is 4. The Balaban J connectivity index is 1.43. The molecule has 2 fully saturated rings. The molecule has 0 atom stereocenters. The first-order valence-electron chi connectivity index (χ1n) is 8.27. The second-order valence-corrected chi connectivity index (χ2v) is 6.24. The van der Waals surface area contributed by atoms with Crippen molar-refractivity contribution < 1.29 is 0 Å². The number of aromatic nitrogens is 2. The van der Waals surface area contributed by atoms with E-state index < -0.39 is 0 Å². The van der Waals surface area contributed by atoms with Gasteiger partial charge in [0.25, 0.3) is 0 Å². The van der Waals surface area contributed by atoms with Crippen LogP contribution < -0.4 is 9.80 Å². The van der Waals surface area contributed by atoms with Gasteiger partial charge < -0.3 is 9.80 Å². The maximum Gasteiger partial charge on any atom is 0.132 e. The van der Waals surface area contributed by atoms with E-state index in [9.17, 15) is 0 Å². The van der Waals surface area contributed by atoms with Gasteiger partial charge in [-0.2, -0.15) is 0 Å². The van der Waals surface area contributed by atoms with E-state index in [0.717, 1.165) is 32.0 Å². The zero-order chi connectivity index (χ0) is 14.8. The Hall–Kier alpha value is -2.10. The van der Waals surface area contributed by atoms with Crippen molar-refractivity contribution in [3.63, 3.8) is 0 Å². The van der Waals surface area contributed by atoms with Crippen LogP contribution in [0.15, 0.2) is 42.7 Å². The number of nitrogens with zero attached hydrogens (tertiary/aromatic N) is 4. The summed E-state index contributed by atoms with van der Waals surface area (Å²) >= 11 is 0. The molecule has 0 radical (unpaired) electrons. The zero-order valence-electron chi connectivity index (χ0n) is 12.9. The van der Waals surface area contributed by atoms with E-state index in [-0.39, 0.29) is 0 Å². The smallest absolute Gasteiger partial charge is 0.132 e. The monoisotopic (exact) mass is 294 g/mol. The van der Waals surface area contributed by atoms with Gasteiger partial charge in [0.1, 0.15) is 12.1 Å². The molecular weight excluding hydrogens is 272 g/mol. The van der Waals surface area contributed by atoms with Crippen LogP contribution in [-0.2, 0) is 0 Å². The predicted molar refractivity (Wildman–Crippen MR) is 89.5 cm³/mol. The standard InChI is InChI=1S/C18H22N4/c1-2-7-16(8-3-1)21-9-11-22(12-10-21)18-13-17(19-14-20-18)15-5-4-6-15/h1-3,7-8,13-15H,4-6,9-12H2. The van der Waals surface area contributed by atoms with Gasteiger partial charge in [-0.25, -0.2) is 9.97 Å². The normalized spacial score (nSPS) is 19.1. The minimum atomic E-state index is 0.673. The topological polar surface area (TPSA) is 32.3 Å². The van der Waals surface area contributed by atoms with Crippen molar-refractivity contribution in [1.29, 1.82) is 0 Å². The van der Waals surface area contributed by atoms with Gasteiger partial charge in [0.2, 0.25) is 0 Å². The third kappa shape index (κ3) is 2.65. The summed E-state index contributed by atoms with van der Waals surface area (Å²) in [6, 6.07) is 12.9. The average molecular weight is 294 g/mol. The van der Waals surface area contributed by atoms with Gasteiger partial charge in [0, 0.05) is 49.5 Å². The summed E-state index contributed by atoms with van der Waals surface area (Å²) in [5.41, 5.74) is 2.56. The van der Waals surface area contributed by atoms with Crippen LogP contribution in [0.5, 0.6) is 0 Å². The van der Waals surface area contributed by atoms with Crippen LogP contribution in [0.25, 0.3) is 0 Å². The minimum Gasteiger partial charge on any atom is -0.368 e. The summed E-state index contributed by atoms with van der Waals surface area (Å²) in [5, 5.41) is 0. The lowest BCUT2D eigenvalue weighted by Crippen LogP contribution is -2.46. The van der Waals surface area contributed by atoms with Gasteiger partial charge in [-0.3, -0.25) is 0 Å². The Morgan fingerprint density at radius 2 is 1.59 bits per heavy atom. The molecule has 114 valence electrons. The predicted octanol–water partition coefficient (Wildman–Crippen LogP) is 3.07. The third-order valence-corrected chi connectivity index (χ3v) is 4.92. The van der Waals surface area contributed by atoms with Crippen molar-refractivity contribution in [1.82, 2.24) is 9.97 Å². The lowest BCUT2D eigenvalue weighted by Gasteiger charge is -2.37. The van der Waals surface area contributed by atoms with Crippen molar-refractivity contribution in [2.45, 2.75) is 25.2 Å². The Kier molecular flexibility index (Phi) is 3.67. The van der Waals surface area contributed by atoms with Crippen LogP contribution in [0.1, 0.15) is 30.9 Å². The number of hydrogen-bond donors (Lipinski definition) is 0. The van der Waals surface area contributed by atoms with Crippen molar-refractivity contribution >= 4 is 11.5 Å². The van der Waals surface area contributed by atoms with Crippen LogP contribution in [0, 0.1) is 0 Å². The van der Waals surface area contributed by atoms with Crippen LogP contribution >= 0.6 is 0 Å². The lowest BCUT2D eigenvalue weighted by molar-refractivity contribution is 0.410. The molecule has 1 saturated carbocycles. The lowest BCUT2D eigenvalue weighted by atomic mass is 9.83.